The maximum Gasteiger partial charge on any atom is 0.351 e. The number of carbonyl (C=O) groups excluding carboxylic acids is 1. The van der Waals surface area contributed by atoms with Crippen molar-refractivity contribution in [3.63, 3.8) is 0 Å². The van der Waals surface area contributed by atoms with E-state index >= 15 is 0 Å². The van der Waals surface area contributed by atoms with Crippen LogP contribution in [0.5, 0.6) is 0 Å². The Hall–Kier alpha value is -1.68. The lowest BCUT2D eigenvalue weighted by atomic mass is 10.1. The number of nitrogen functional groups attached to an aromatic ring is 1. The second-order valence-electron chi connectivity index (χ2n) is 5.83. The molecule has 136 valence electrons. The minimum Gasteiger partial charge on any atom is -0.458 e. The quantitative estimate of drug-likeness (QED) is 0.590. The molecule has 1 aliphatic heterocycles. The molecule has 0 unspecified atom stereocenters. The highest BCUT2D eigenvalue weighted by atomic mass is 35.5. The number of rotatable bonds is 5. The summed E-state index contributed by atoms with van der Waals surface area (Å²) in [5.74, 6) is -0.526. The van der Waals surface area contributed by atoms with Crippen LogP contribution in [0.1, 0.15) is 26.5 Å². The van der Waals surface area contributed by atoms with Crippen molar-refractivity contribution in [2.45, 2.75) is 44.7 Å². The van der Waals surface area contributed by atoms with Crippen molar-refractivity contribution in [1.82, 2.24) is 9.55 Å². The minimum absolute atomic E-state index is 0. The second kappa shape index (κ2) is 8.43. The second-order valence-corrected chi connectivity index (χ2v) is 5.83. The normalized spacial score (nSPS) is 24.5. The summed E-state index contributed by atoms with van der Waals surface area (Å²) in [7, 11) is 0. The molecule has 0 saturated carbocycles. The highest BCUT2D eigenvalue weighted by Gasteiger charge is 2.39. The Bertz CT molecular complexity index is 623. The Balaban J connectivity index is 0.00000288. The van der Waals surface area contributed by atoms with Crippen molar-refractivity contribution in [1.29, 1.82) is 0 Å². The first kappa shape index (κ1) is 20.4. The molecular weight excluding hydrogens is 340 g/mol. The summed E-state index contributed by atoms with van der Waals surface area (Å²) in [4.78, 5) is 27.4. The summed E-state index contributed by atoms with van der Waals surface area (Å²) in [5, 5.41) is 9.40. The number of anilines is 1. The molecule has 1 aromatic rings. The number of carbonyl (C=O) groups is 1. The van der Waals surface area contributed by atoms with Gasteiger partial charge in [0, 0.05) is 12.6 Å². The van der Waals surface area contributed by atoms with Gasteiger partial charge in [-0.05, 0) is 12.0 Å². The molecule has 9 nitrogen and oxygen atoms in total. The van der Waals surface area contributed by atoms with Crippen molar-refractivity contribution in [2.24, 2.45) is 11.7 Å². The van der Waals surface area contributed by atoms with Crippen molar-refractivity contribution in [2.75, 3.05) is 12.3 Å². The zero-order valence-corrected chi connectivity index (χ0v) is 14.3. The lowest BCUT2D eigenvalue weighted by Gasteiger charge is -2.20. The van der Waals surface area contributed by atoms with Gasteiger partial charge < -0.3 is 26.0 Å². The molecule has 0 amide bonds. The van der Waals surface area contributed by atoms with E-state index in [1.54, 1.807) is 0 Å². The van der Waals surface area contributed by atoms with E-state index in [0.29, 0.717) is 0 Å². The van der Waals surface area contributed by atoms with Crippen LogP contribution in [-0.2, 0) is 14.3 Å². The monoisotopic (exact) mass is 362 g/mol. The maximum absolute atomic E-state index is 12.0. The average molecular weight is 363 g/mol. The van der Waals surface area contributed by atoms with Gasteiger partial charge in [-0.25, -0.2) is 4.79 Å². The molecule has 24 heavy (non-hydrogen) atoms. The molecule has 1 aromatic heterocycles. The SMILES string of the molecule is CC(C)[C@H](N)C(=O)O[C@@H]1C[C@@H](n2ccc(N)nc2=O)O[C@H]1CO.Cl. The van der Waals surface area contributed by atoms with E-state index in [1.165, 1.54) is 16.8 Å². The molecule has 1 aliphatic rings. The number of nitrogens with zero attached hydrogens (tertiary/aromatic N) is 2. The number of nitrogens with two attached hydrogens (primary N) is 2. The largest absolute Gasteiger partial charge is 0.458 e. The molecule has 0 aromatic carbocycles. The van der Waals surface area contributed by atoms with E-state index in [4.69, 9.17) is 20.9 Å². The van der Waals surface area contributed by atoms with Crippen LogP contribution in [0, 0.1) is 5.92 Å². The molecule has 0 spiro atoms. The van der Waals surface area contributed by atoms with Crippen LogP contribution < -0.4 is 17.2 Å². The predicted molar refractivity (Wildman–Crippen MR) is 88.5 cm³/mol. The summed E-state index contributed by atoms with van der Waals surface area (Å²) < 4.78 is 12.2. The molecule has 0 aliphatic carbocycles. The number of esters is 1. The number of ether oxygens (including phenoxy) is 2. The van der Waals surface area contributed by atoms with Crippen LogP contribution in [0.3, 0.4) is 0 Å². The van der Waals surface area contributed by atoms with Gasteiger partial charge in [-0.3, -0.25) is 9.36 Å². The number of aliphatic hydroxyl groups is 1. The highest BCUT2D eigenvalue weighted by molar-refractivity contribution is 5.85. The van der Waals surface area contributed by atoms with Gasteiger partial charge in [0.05, 0.1) is 6.61 Å². The predicted octanol–water partition coefficient (Wildman–Crippen LogP) is -0.578. The van der Waals surface area contributed by atoms with Gasteiger partial charge in [-0.1, -0.05) is 13.8 Å². The van der Waals surface area contributed by atoms with Crippen molar-refractivity contribution >= 4 is 24.2 Å². The summed E-state index contributed by atoms with van der Waals surface area (Å²) in [6, 6.07) is 0.710. The molecule has 4 atom stereocenters. The molecule has 2 rings (SSSR count). The Labute approximate surface area is 145 Å². The Kier molecular flexibility index (Phi) is 7.15. The fraction of sp³-hybridized carbons (Fsp3) is 0.643. The molecule has 0 bridgehead atoms. The molecule has 0 radical (unpaired) electrons. The fourth-order valence-electron chi connectivity index (χ4n) is 2.30. The van der Waals surface area contributed by atoms with Crippen molar-refractivity contribution in [3.8, 4) is 0 Å². The lowest BCUT2D eigenvalue weighted by Crippen LogP contribution is -2.41. The smallest absolute Gasteiger partial charge is 0.351 e. The topological polar surface area (TPSA) is 143 Å². The van der Waals surface area contributed by atoms with E-state index in [-0.39, 0.29) is 37.2 Å². The van der Waals surface area contributed by atoms with Gasteiger partial charge in [0.1, 0.15) is 30.3 Å². The lowest BCUT2D eigenvalue weighted by molar-refractivity contribution is -0.155. The van der Waals surface area contributed by atoms with Crippen LogP contribution in [0.25, 0.3) is 0 Å². The average Bonchev–Trinajstić information content (AvgIpc) is 2.88. The summed E-state index contributed by atoms with van der Waals surface area (Å²) in [5.41, 5.74) is 10.6. The Morgan fingerprint density at radius 3 is 2.79 bits per heavy atom. The van der Waals surface area contributed by atoms with E-state index in [1.807, 2.05) is 13.8 Å². The van der Waals surface area contributed by atoms with E-state index < -0.39 is 36.1 Å². The van der Waals surface area contributed by atoms with Gasteiger partial charge in [0.25, 0.3) is 0 Å². The van der Waals surface area contributed by atoms with Crippen LogP contribution >= 0.6 is 12.4 Å². The Morgan fingerprint density at radius 1 is 1.58 bits per heavy atom. The number of aliphatic hydroxyl groups excluding tert-OH is 1. The number of aromatic nitrogens is 2. The van der Waals surface area contributed by atoms with Crippen LogP contribution in [0.15, 0.2) is 17.1 Å². The third-order valence-corrected chi connectivity index (χ3v) is 3.78. The van der Waals surface area contributed by atoms with Crippen molar-refractivity contribution < 1.29 is 19.4 Å². The third-order valence-electron chi connectivity index (χ3n) is 3.78. The molecule has 2 heterocycles. The number of hydrogen-bond acceptors (Lipinski definition) is 8. The van der Waals surface area contributed by atoms with Crippen LogP contribution in [0.4, 0.5) is 5.82 Å². The van der Waals surface area contributed by atoms with E-state index in [0.717, 1.165) is 0 Å². The van der Waals surface area contributed by atoms with Gasteiger partial charge >= 0.3 is 11.7 Å². The molecule has 5 N–H and O–H groups in total. The molecule has 1 saturated heterocycles. The van der Waals surface area contributed by atoms with Gasteiger partial charge in [-0.2, -0.15) is 4.98 Å². The van der Waals surface area contributed by atoms with Gasteiger partial charge in [0.2, 0.25) is 0 Å². The molecule has 10 heteroatoms. The Morgan fingerprint density at radius 2 is 2.25 bits per heavy atom. The molecular formula is C14H23ClN4O5. The first-order valence-electron chi connectivity index (χ1n) is 7.40. The molecule has 1 fully saturated rings. The zero-order valence-electron chi connectivity index (χ0n) is 13.5. The summed E-state index contributed by atoms with van der Waals surface area (Å²) >= 11 is 0. The van der Waals surface area contributed by atoms with Gasteiger partial charge in [0.15, 0.2) is 0 Å². The van der Waals surface area contributed by atoms with Gasteiger partial charge in [-0.15, -0.1) is 12.4 Å². The number of hydrogen-bond donors (Lipinski definition) is 3. The minimum atomic E-state index is -0.755. The standard InChI is InChI=1S/C14H22N4O5.ClH/c1-7(2)12(16)13(20)23-8-5-11(22-9(8)6-19)18-4-3-10(15)17-14(18)21;/h3-4,7-9,11-12,19H,5-6,16H2,1-2H3,(H2,15,17,21);1H/t8-,9+,11+,12+;/m1./s1. The zero-order chi connectivity index (χ0) is 17.1. The summed E-state index contributed by atoms with van der Waals surface area (Å²) in [6.45, 7) is 3.27. The number of halogens is 1. The summed E-state index contributed by atoms with van der Waals surface area (Å²) in [6.07, 6.45) is -0.443. The van der Waals surface area contributed by atoms with Crippen molar-refractivity contribution in [3.05, 3.63) is 22.7 Å². The first-order valence-corrected chi connectivity index (χ1v) is 7.40. The van der Waals surface area contributed by atoms with E-state index in [9.17, 15) is 14.7 Å². The third kappa shape index (κ3) is 4.44. The fourth-order valence-corrected chi connectivity index (χ4v) is 2.30. The van der Waals surface area contributed by atoms with Crippen LogP contribution in [0.2, 0.25) is 0 Å². The van der Waals surface area contributed by atoms with E-state index in [2.05, 4.69) is 4.98 Å². The highest BCUT2D eigenvalue weighted by Crippen LogP contribution is 2.30. The van der Waals surface area contributed by atoms with Crippen LogP contribution in [-0.4, -0.2) is 45.5 Å². The first-order chi connectivity index (χ1) is 10.8. The maximum atomic E-state index is 12.0.